The molecule has 0 aliphatic carbocycles. The van der Waals surface area contributed by atoms with Gasteiger partial charge in [-0.2, -0.15) is 5.10 Å². The molecule has 0 bridgehead atoms. The molecule has 6 nitrogen and oxygen atoms in total. The SMILES string of the molecule is Cc1nn(C)c(Cn2cnc(S(=O)(=O)Cl)c2)c1Cl. The third-order valence-electron chi connectivity index (χ3n) is 2.45. The zero-order valence-corrected chi connectivity index (χ0v) is 12.0. The van der Waals surface area contributed by atoms with Crippen LogP contribution in [0.2, 0.25) is 5.02 Å². The molecule has 2 aromatic heterocycles. The highest BCUT2D eigenvalue weighted by molar-refractivity contribution is 8.13. The summed E-state index contributed by atoms with van der Waals surface area (Å²) in [6.07, 6.45) is 2.73. The van der Waals surface area contributed by atoms with Crippen LogP contribution in [0, 0.1) is 6.92 Å². The van der Waals surface area contributed by atoms with Crippen LogP contribution in [0.3, 0.4) is 0 Å². The summed E-state index contributed by atoms with van der Waals surface area (Å²) in [7, 11) is 3.16. The highest BCUT2D eigenvalue weighted by atomic mass is 35.7. The monoisotopic (exact) mass is 308 g/mol. The summed E-state index contributed by atoms with van der Waals surface area (Å²) in [4.78, 5) is 3.72. The van der Waals surface area contributed by atoms with Crippen LogP contribution in [-0.4, -0.2) is 27.7 Å². The molecule has 0 saturated carbocycles. The van der Waals surface area contributed by atoms with Crippen LogP contribution < -0.4 is 0 Å². The Hall–Kier alpha value is -1.05. The lowest BCUT2D eigenvalue weighted by Gasteiger charge is -2.03. The van der Waals surface area contributed by atoms with E-state index >= 15 is 0 Å². The zero-order valence-electron chi connectivity index (χ0n) is 9.63. The van der Waals surface area contributed by atoms with Gasteiger partial charge in [-0.05, 0) is 6.92 Å². The van der Waals surface area contributed by atoms with Crippen molar-refractivity contribution in [1.29, 1.82) is 0 Å². The topological polar surface area (TPSA) is 69.8 Å². The maximum Gasteiger partial charge on any atom is 0.280 e. The molecule has 0 fully saturated rings. The maximum absolute atomic E-state index is 11.1. The predicted octanol–water partition coefficient (Wildman–Crippen LogP) is 1.55. The molecule has 9 heteroatoms. The van der Waals surface area contributed by atoms with E-state index in [2.05, 4.69) is 10.1 Å². The van der Waals surface area contributed by atoms with E-state index in [0.717, 1.165) is 11.4 Å². The molecule has 0 radical (unpaired) electrons. The molecule has 0 unspecified atom stereocenters. The lowest BCUT2D eigenvalue weighted by Crippen LogP contribution is -2.04. The minimum atomic E-state index is -3.80. The standard InChI is InChI=1S/C9H10Cl2N4O2S/c1-6-9(10)7(14(2)13-6)3-15-4-8(12-5-15)18(11,16)17/h4-5H,3H2,1-2H3. The van der Waals surface area contributed by atoms with Gasteiger partial charge in [0.2, 0.25) is 0 Å². The summed E-state index contributed by atoms with van der Waals surface area (Å²) in [5.41, 5.74) is 1.49. The zero-order chi connectivity index (χ0) is 13.5. The van der Waals surface area contributed by atoms with Crippen molar-refractivity contribution >= 4 is 31.3 Å². The van der Waals surface area contributed by atoms with Crippen LogP contribution in [0.5, 0.6) is 0 Å². The summed E-state index contributed by atoms with van der Waals surface area (Å²) < 4.78 is 25.4. The van der Waals surface area contributed by atoms with Crippen LogP contribution in [0.25, 0.3) is 0 Å². The number of hydrogen-bond acceptors (Lipinski definition) is 4. The van der Waals surface area contributed by atoms with Gasteiger partial charge in [-0.25, -0.2) is 13.4 Å². The van der Waals surface area contributed by atoms with Gasteiger partial charge in [-0.15, -0.1) is 0 Å². The van der Waals surface area contributed by atoms with E-state index < -0.39 is 9.05 Å². The van der Waals surface area contributed by atoms with Crippen LogP contribution >= 0.6 is 22.3 Å². The Kier molecular flexibility index (Phi) is 3.39. The molecule has 2 aromatic rings. The fourth-order valence-corrected chi connectivity index (χ4v) is 2.47. The molecule has 0 aromatic carbocycles. The van der Waals surface area contributed by atoms with E-state index in [1.54, 1.807) is 23.2 Å². The van der Waals surface area contributed by atoms with Gasteiger partial charge in [-0.1, -0.05) is 11.6 Å². The lowest BCUT2D eigenvalue weighted by atomic mass is 10.3. The number of aromatic nitrogens is 4. The second-order valence-corrected chi connectivity index (χ2v) is 6.68. The molecule has 98 valence electrons. The van der Waals surface area contributed by atoms with E-state index in [1.807, 2.05) is 0 Å². The highest BCUT2D eigenvalue weighted by Crippen LogP contribution is 2.21. The van der Waals surface area contributed by atoms with Crippen molar-refractivity contribution in [2.24, 2.45) is 7.05 Å². The number of halogens is 2. The average molecular weight is 309 g/mol. The normalized spacial score (nSPS) is 12.0. The van der Waals surface area contributed by atoms with E-state index in [0.29, 0.717) is 11.6 Å². The second-order valence-electron chi connectivity index (χ2n) is 3.79. The minimum absolute atomic E-state index is 0.181. The summed E-state index contributed by atoms with van der Waals surface area (Å²) in [5.74, 6) is 0. The van der Waals surface area contributed by atoms with Crippen molar-refractivity contribution in [2.75, 3.05) is 0 Å². The summed E-state index contributed by atoms with van der Waals surface area (Å²) >= 11 is 6.10. The molecular formula is C9H10Cl2N4O2S. The van der Waals surface area contributed by atoms with E-state index in [-0.39, 0.29) is 5.03 Å². The number of nitrogens with zero attached hydrogens (tertiary/aromatic N) is 4. The molecule has 2 rings (SSSR count). The Morgan fingerprint density at radius 2 is 2.11 bits per heavy atom. The lowest BCUT2D eigenvalue weighted by molar-refractivity contribution is 0.606. The van der Waals surface area contributed by atoms with Crippen molar-refractivity contribution in [3.8, 4) is 0 Å². The number of imidazole rings is 1. The first kappa shape index (κ1) is 13.4. The summed E-state index contributed by atoms with van der Waals surface area (Å²) in [6, 6.07) is 0. The second kappa shape index (κ2) is 4.56. The smallest absolute Gasteiger partial charge is 0.280 e. The van der Waals surface area contributed by atoms with Gasteiger partial charge >= 0.3 is 0 Å². The van der Waals surface area contributed by atoms with Gasteiger partial charge in [0.05, 0.1) is 29.3 Å². The summed E-state index contributed by atoms with van der Waals surface area (Å²) in [5, 5.41) is 4.54. The van der Waals surface area contributed by atoms with Crippen molar-refractivity contribution < 1.29 is 8.42 Å². The van der Waals surface area contributed by atoms with Gasteiger partial charge in [0.1, 0.15) is 0 Å². The fraction of sp³-hybridized carbons (Fsp3) is 0.333. The first-order chi connectivity index (χ1) is 8.29. The quantitative estimate of drug-likeness (QED) is 0.807. The van der Waals surface area contributed by atoms with Crippen LogP contribution in [-0.2, 0) is 22.6 Å². The van der Waals surface area contributed by atoms with Gasteiger partial charge in [0.15, 0.2) is 5.03 Å². The summed E-state index contributed by atoms with van der Waals surface area (Å²) in [6.45, 7) is 2.17. The first-order valence-corrected chi connectivity index (χ1v) is 7.62. The number of hydrogen-bond donors (Lipinski definition) is 0. The highest BCUT2D eigenvalue weighted by Gasteiger charge is 2.16. The maximum atomic E-state index is 11.1. The van der Waals surface area contributed by atoms with Gasteiger partial charge in [0.25, 0.3) is 9.05 Å². The Balaban J connectivity index is 2.32. The molecule has 18 heavy (non-hydrogen) atoms. The molecule has 0 aliphatic heterocycles. The Labute approximate surface area is 114 Å². The van der Waals surface area contributed by atoms with E-state index in [4.69, 9.17) is 22.3 Å². The minimum Gasteiger partial charge on any atom is -0.330 e. The average Bonchev–Trinajstić information content (AvgIpc) is 2.80. The van der Waals surface area contributed by atoms with E-state index in [9.17, 15) is 8.42 Å². The molecule has 0 aliphatic rings. The third kappa shape index (κ3) is 2.52. The Bertz CT molecular complexity index is 689. The van der Waals surface area contributed by atoms with Crippen molar-refractivity contribution in [3.05, 3.63) is 28.9 Å². The first-order valence-electron chi connectivity index (χ1n) is 4.93. The van der Waals surface area contributed by atoms with E-state index in [1.165, 1.54) is 12.5 Å². The van der Waals surface area contributed by atoms with Crippen LogP contribution in [0.1, 0.15) is 11.4 Å². The molecule has 0 amide bonds. The largest absolute Gasteiger partial charge is 0.330 e. The number of aryl methyl sites for hydroxylation is 2. The molecule has 0 atom stereocenters. The van der Waals surface area contributed by atoms with Gasteiger partial charge < -0.3 is 4.57 Å². The molecule has 0 N–H and O–H groups in total. The number of rotatable bonds is 3. The van der Waals surface area contributed by atoms with Gasteiger partial charge in [-0.3, -0.25) is 4.68 Å². The van der Waals surface area contributed by atoms with Crippen molar-refractivity contribution in [3.63, 3.8) is 0 Å². The predicted molar refractivity (Wildman–Crippen MR) is 67.3 cm³/mol. The Morgan fingerprint density at radius 1 is 1.44 bits per heavy atom. The van der Waals surface area contributed by atoms with Crippen LogP contribution in [0.15, 0.2) is 17.6 Å². The van der Waals surface area contributed by atoms with Gasteiger partial charge in [0, 0.05) is 23.9 Å². The molecule has 0 saturated heterocycles. The third-order valence-corrected chi connectivity index (χ3v) is 4.13. The van der Waals surface area contributed by atoms with Crippen molar-refractivity contribution in [1.82, 2.24) is 19.3 Å². The van der Waals surface area contributed by atoms with Crippen molar-refractivity contribution in [2.45, 2.75) is 18.5 Å². The van der Waals surface area contributed by atoms with Crippen LogP contribution in [0.4, 0.5) is 0 Å². The Morgan fingerprint density at radius 3 is 2.56 bits per heavy atom. The fourth-order valence-electron chi connectivity index (χ4n) is 1.58. The molecular weight excluding hydrogens is 299 g/mol. The molecule has 2 heterocycles. The molecule has 0 spiro atoms.